The maximum Gasteiger partial charge on any atom is 0.211 e. The topological polar surface area (TPSA) is 167 Å². The van der Waals surface area contributed by atoms with Crippen LogP contribution in [0.15, 0.2) is 29.3 Å². The molecule has 29 heavy (non-hydrogen) atoms. The van der Waals surface area contributed by atoms with Crippen LogP contribution in [0.1, 0.15) is 41.0 Å². The lowest BCUT2D eigenvalue weighted by atomic mass is 9.94. The Hall–Kier alpha value is -3.86. The highest BCUT2D eigenvalue weighted by Gasteiger charge is 2.30. The number of guanidine groups is 1. The van der Waals surface area contributed by atoms with Gasteiger partial charge in [-0.25, -0.2) is 9.98 Å². The molecule has 0 spiro atoms. The van der Waals surface area contributed by atoms with Crippen molar-refractivity contribution < 1.29 is 9.47 Å². The first kappa shape index (κ1) is 18.5. The molecule has 0 radical (unpaired) electrons. The number of aliphatic imine (C=N–C) groups is 1. The summed E-state index contributed by atoms with van der Waals surface area (Å²) in [6.07, 6.45) is 2.23. The molecule has 0 amide bonds. The van der Waals surface area contributed by atoms with E-state index in [0.29, 0.717) is 24.6 Å². The van der Waals surface area contributed by atoms with Crippen molar-refractivity contribution in [2.45, 2.75) is 18.8 Å². The molecule has 0 bridgehead atoms. The fraction of sp³-hybridized carbons (Fsp3) is 0.263. The van der Waals surface area contributed by atoms with E-state index >= 15 is 0 Å². The Kier molecular flexibility index (Phi) is 4.87. The van der Waals surface area contributed by atoms with Gasteiger partial charge in [0.2, 0.25) is 5.96 Å². The molecule has 6 N–H and O–H groups in total. The molecule has 1 saturated heterocycles. The summed E-state index contributed by atoms with van der Waals surface area (Å²) in [6, 6.07) is 8.94. The van der Waals surface area contributed by atoms with Crippen LogP contribution in [0.3, 0.4) is 0 Å². The number of nitrogens with two attached hydrogens (primary N) is 2. The van der Waals surface area contributed by atoms with Crippen molar-refractivity contribution in [3.8, 4) is 12.3 Å². The second-order valence-electron chi connectivity index (χ2n) is 6.50. The SMILES string of the molecule is N#CNC1=NC(c2cccc(C3OCCCO3)c2)c2c(nc(N)c(C#N)c2N)N1. The van der Waals surface area contributed by atoms with Gasteiger partial charge in [0.1, 0.15) is 29.3 Å². The van der Waals surface area contributed by atoms with Crippen molar-refractivity contribution in [2.75, 3.05) is 30.0 Å². The lowest BCUT2D eigenvalue weighted by molar-refractivity contribution is -0.183. The highest BCUT2D eigenvalue weighted by atomic mass is 16.7. The van der Waals surface area contributed by atoms with Gasteiger partial charge < -0.3 is 26.3 Å². The van der Waals surface area contributed by atoms with Gasteiger partial charge in [-0.15, -0.1) is 0 Å². The molecule has 2 aliphatic rings. The van der Waals surface area contributed by atoms with Gasteiger partial charge in [0, 0.05) is 11.1 Å². The number of hydrogen-bond acceptors (Lipinski definition) is 10. The summed E-state index contributed by atoms with van der Waals surface area (Å²) >= 11 is 0. The average molecular weight is 390 g/mol. The Morgan fingerprint density at radius 3 is 2.66 bits per heavy atom. The number of benzene rings is 1. The summed E-state index contributed by atoms with van der Waals surface area (Å²) in [5.41, 5.74) is 14.6. The van der Waals surface area contributed by atoms with Gasteiger partial charge in [0.25, 0.3) is 0 Å². The number of rotatable bonds is 2. The zero-order chi connectivity index (χ0) is 20.4. The molecular formula is C19H18N8O2. The summed E-state index contributed by atoms with van der Waals surface area (Å²) in [6.45, 7) is 1.25. The molecule has 1 aromatic heterocycles. The molecule has 1 atom stereocenters. The molecule has 10 heteroatoms. The summed E-state index contributed by atoms with van der Waals surface area (Å²) in [7, 11) is 0. The van der Waals surface area contributed by atoms with E-state index in [-0.39, 0.29) is 23.0 Å². The fourth-order valence-corrected chi connectivity index (χ4v) is 3.38. The first-order chi connectivity index (χ1) is 14.1. The Morgan fingerprint density at radius 2 is 1.93 bits per heavy atom. The van der Waals surface area contributed by atoms with Crippen LogP contribution in [0.2, 0.25) is 0 Å². The van der Waals surface area contributed by atoms with Crippen molar-refractivity contribution in [1.82, 2.24) is 10.3 Å². The maximum absolute atomic E-state index is 9.41. The van der Waals surface area contributed by atoms with Crippen molar-refractivity contribution >= 4 is 23.3 Å². The lowest BCUT2D eigenvalue weighted by Gasteiger charge is -2.27. The largest absolute Gasteiger partial charge is 0.397 e. The maximum atomic E-state index is 9.41. The number of ether oxygens (including phenoxy) is 2. The Labute approximate surface area is 166 Å². The minimum absolute atomic E-state index is 0.00552. The molecule has 1 unspecified atom stereocenters. The monoisotopic (exact) mass is 390 g/mol. The van der Waals surface area contributed by atoms with Gasteiger partial charge in [0.05, 0.1) is 18.9 Å². The van der Waals surface area contributed by atoms with Gasteiger partial charge in [-0.2, -0.15) is 10.5 Å². The average Bonchev–Trinajstić information content (AvgIpc) is 2.74. The van der Waals surface area contributed by atoms with Gasteiger partial charge in [-0.3, -0.25) is 5.32 Å². The second kappa shape index (κ2) is 7.64. The normalized spacial score (nSPS) is 18.6. The Balaban J connectivity index is 1.83. The first-order valence-electron chi connectivity index (χ1n) is 8.94. The van der Waals surface area contributed by atoms with Crippen molar-refractivity contribution in [1.29, 1.82) is 10.5 Å². The Morgan fingerprint density at radius 1 is 1.17 bits per heavy atom. The third-order valence-corrected chi connectivity index (χ3v) is 4.68. The highest BCUT2D eigenvalue weighted by molar-refractivity contribution is 5.98. The number of nitrogens with zero attached hydrogens (tertiary/aromatic N) is 4. The van der Waals surface area contributed by atoms with Gasteiger partial charge in [-0.05, 0) is 18.1 Å². The van der Waals surface area contributed by atoms with E-state index in [9.17, 15) is 5.26 Å². The lowest BCUT2D eigenvalue weighted by Crippen LogP contribution is -2.32. The molecule has 1 fully saturated rings. The molecule has 0 aliphatic carbocycles. The van der Waals surface area contributed by atoms with Crippen molar-refractivity contribution in [2.24, 2.45) is 4.99 Å². The highest BCUT2D eigenvalue weighted by Crippen LogP contribution is 2.41. The number of anilines is 3. The van der Waals surface area contributed by atoms with Crippen LogP contribution in [0.4, 0.5) is 17.3 Å². The molecule has 10 nitrogen and oxygen atoms in total. The van der Waals surface area contributed by atoms with Crippen LogP contribution in [0.5, 0.6) is 0 Å². The van der Waals surface area contributed by atoms with E-state index in [2.05, 4.69) is 20.6 Å². The third kappa shape index (κ3) is 3.38. The van der Waals surface area contributed by atoms with E-state index < -0.39 is 12.3 Å². The summed E-state index contributed by atoms with van der Waals surface area (Å²) < 4.78 is 11.4. The fourth-order valence-electron chi connectivity index (χ4n) is 3.38. The molecule has 1 aromatic carbocycles. The number of hydrogen-bond donors (Lipinski definition) is 4. The predicted octanol–water partition coefficient (Wildman–Crippen LogP) is 1.49. The molecule has 146 valence electrons. The zero-order valence-corrected chi connectivity index (χ0v) is 15.3. The Bertz CT molecular complexity index is 1060. The van der Waals surface area contributed by atoms with E-state index in [1.165, 1.54) is 0 Å². The smallest absolute Gasteiger partial charge is 0.211 e. The van der Waals surface area contributed by atoms with E-state index in [4.69, 9.17) is 26.2 Å². The summed E-state index contributed by atoms with van der Waals surface area (Å²) in [5.74, 6) is 0.551. The molecule has 3 heterocycles. The van der Waals surface area contributed by atoms with Gasteiger partial charge in [0.15, 0.2) is 12.5 Å². The van der Waals surface area contributed by atoms with E-state index in [0.717, 1.165) is 17.5 Å². The van der Waals surface area contributed by atoms with Crippen molar-refractivity contribution in [3.05, 3.63) is 46.5 Å². The van der Waals surface area contributed by atoms with Crippen LogP contribution in [-0.4, -0.2) is 24.2 Å². The molecule has 2 aromatic rings. The van der Waals surface area contributed by atoms with Gasteiger partial charge in [-0.1, -0.05) is 18.2 Å². The number of fused-ring (bicyclic) bond motifs is 1. The minimum Gasteiger partial charge on any atom is -0.397 e. The predicted molar refractivity (Wildman–Crippen MR) is 105 cm³/mol. The number of nitriles is 2. The second-order valence-corrected chi connectivity index (χ2v) is 6.50. The zero-order valence-electron chi connectivity index (χ0n) is 15.3. The van der Waals surface area contributed by atoms with Crippen LogP contribution in [-0.2, 0) is 9.47 Å². The van der Waals surface area contributed by atoms with Crippen LogP contribution in [0, 0.1) is 22.8 Å². The van der Waals surface area contributed by atoms with Crippen molar-refractivity contribution in [3.63, 3.8) is 0 Å². The van der Waals surface area contributed by atoms with Crippen LogP contribution >= 0.6 is 0 Å². The van der Waals surface area contributed by atoms with Crippen LogP contribution in [0.25, 0.3) is 0 Å². The van der Waals surface area contributed by atoms with E-state index in [1.54, 1.807) is 0 Å². The quantitative estimate of drug-likeness (QED) is 0.438. The summed E-state index contributed by atoms with van der Waals surface area (Å²) in [5, 5.41) is 23.8. The number of aromatic nitrogens is 1. The molecular weight excluding hydrogens is 372 g/mol. The molecule has 0 saturated carbocycles. The molecule has 4 rings (SSSR count). The first-order valence-corrected chi connectivity index (χ1v) is 8.94. The van der Waals surface area contributed by atoms with Crippen LogP contribution < -0.4 is 22.1 Å². The standard InChI is InChI=1S/C19H18N8O2/c20-8-12-14(22)13-15(25-19(24-9-21)27-17(13)26-16(12)23)10-3-1-4-11(7-10)18-28-5-2-6-29-18/h1,3-4,7,15,18H,2,5-6H2,(H6,22,23,24,25,26,27). The number of nitrogens with one attached hydrogen (secondary N) is 2. The minimum atomic E-state index is -0.606. The molecule has 2 aliphatic heterocycles. The van der Waals surface area contributed by atoms with E-state index in [1.807, 2.05) is 36.5 Å². The number of nitrogen functional groups attached to an aromatic ring is 2. The summed E-state index contributed by atoms with van der Waals surface area (Å²) in [4.78, 5) is 8.81. The van der Waals surface area contributed by atoms with Gasteiger partial charge >= 0.3 is 0 Å². The third-order valence-electron chi connectivity index (χ3n) is 4.68. The number of pyridine rings is 1.